The van der Waals surface area contributed by atoms with Crippen molar-refractivity contribution in [3.05, 3.63) is 39.8 Å². The van der Waals surface area contributed by atoms with Gasteiger partial charge < -0.3 is 14.6 Å². The molecule has 21 heavy (non-hydrogen) atoms. The summed E-state index contributed by atoms with van der Waals surface area (Å²) < 4.78 is 10.7. The summed E-state index contributed by atoms with van der Waals surface area (Å²) in [6, 6.07) is 5.40. The van der Waals surface area contributed by atoms with Crippen molar-refractivity contribution >= 4 is 27.7 Å². The summed E-state index contributed by atoms with van der Waals surface area (Å²) in [6.45, 7) is 4.52. The van der Waals surface area contributed by atoms with E-state index >= 15 is 0 Å². The van der Waals surface area contributed by atoms with Crippen LogP contribution in [0.2, 0.25) is 0 Å². The smallest absolute Gasteiger partial charge is 0.358 e. The molecule has 0 spiro atoms. The van der Waals surface area contributed by atoms with Crippen LogP contribution in [0.1, 0.15) is 35.8 Å². The number of rotatable bonds is 6. The Kier molecular flexibility index (Phi) is 5.32. The van der Waals surface area contributed by atoms with Gasteiger partial charge in [-0.15, -0.1) is 0 Å². The maximum absolute atomic E-state index is 11.8. The number of anilines is 1. The summed E-state index contributed by atoms with van der Waals surface area (Å²) in [5.41, 5.74) is 1.15. The van der Waals surface area contributed by atoms with Gasteiger partial charge in [0.2, 0.25) is 0 Å². The van der Waals surface area contributed by atoms with Crippen molar-refractivity contribution in [1.82, 2.24) is 10.1 Å². The molecule has 7 heteroatoms. The van der Waals surface area contributed by atoms with Crippen LogP contribution in [0.15, 0.2) is 27.2 Å². The molecule has 0 saturated heterocycles. The summed E-state index contributed by atoms with van der Waals surface area (Å²) >= 11 is 3.29. The van der Waals surface area contributed by atoms with Crippen molar-refractivity contribution in [3.63, 3.8) is 0 Å². The van der Waals surface area contributed by atoms with Gasteiger partial charge in [0.25, 0.3) is 0 Å². The van der Waals surface area contributed by atoms with Crippen molar-refractivity contribution in [3.8, 4) is 0 Å². The lowest BCUT2D eigenvalue weighted by Crippen LogP contribution is -2.10. The van der Waals surface area contributed by atoms with Crippen molar-refractivity contribution in [2.45, 2.75) is 26.8 Å². The Bertz CT molecular complexity index is 628. The van der Waals surface area contributed by atoms with E-state index in [1.54, 1.807) is 19.1 Å². The standard InChI is InChI=1S/C14H16BrN3O3/c1-3-9-7-10(21-18-9)8-16-12-6-5-11(15)13(17-12)14(19)20-4-2/h5-7H,3-4,8H2,1-2H3,(H,16,17). The van der Waals surface area contributed by atoms with Crippen LogP contribution in [0.25, 0.3) is 0 Å². The number of aromatic nitrogens is 2. The van der Waals surface area contributed by atoms with Gasteiger partial charge in [-0.2, -0.15) is 0 Å². The fourth-order valence-electron chi connectivity index (χ4n) is 1.67. The van der Waals surface area contributed by atoms with E-state index in [1.165, 1.54) is 0 Å². The van der Waals surface area contributed by atoms with E-state index in [0.29, 0.717) is 29.2 Å². The SMILES string of the molecule is CCOC(=O)c1nc(NCc2cc(CC)no2)ccc1Br. The maximum Gasteiger partial charge on any atom is 0.358 e. The summed E-state index contributed by atoms with van der Waals surface area (Å²) in [5, 5.41) is 7.00. The third-order valence-electron chi connectivity index (χ3n) is 2.73. The second-order valence-electron chi connectivity index (χ2n) is 4.24. The number of hydrogen-bond acceptors (Lipinski definition) is 6. The van der Waals surface area contributed by atoms with Crippen molar-refractivity contribution in [1.29, 1.82) is 0 Å². The molecule has 0 aromatic carbocycles. The minimum atomic E-state index is -0.457. The number of nitrogens with one attached hydrogen (secondary N) is 1. The van der Waals surface area contributed by atoms with Gasteiger partial charge in [-0.25, -0.2) is 9.78 Å². The molecule has 1 N–H and O–H groups in total. The molecule has 0 aliphatic rings. The van der Waals surface area contributed by atoms with Crippen LogP contribution < -0.4 is 5.32 Å². The number of nitrogens with zero attached hydrogens (tertiary/aromatic N) is 2. The van der Waals surface area contributed by atoms with Crippen molar-refractivity contribution in [2.24, 2.45) is 0 Å². The molecule has 0 bridgehead atoms. The highest BCUT2D eigenvalue weighted by Crippen LogP contribution is 2.19. The lowest BCUT2D eigenvalue weighted by atomic mass is 10.3. The van der Waals surface area contributed by atoms with Crippen LogP contribution in [-0.2, 0) is 17.7 Å². The van der Waals surface area contributed by atoms with E-state index in [2.05, 4.69) is 31.4 Å². The molecule has 0 saturated carbocycles. The minimum Gasteiger partial charge on any atom is -0.461 e. The predicted molar refractivity (Wildman–Crippen MR) is 81.1 cm³/mol. The number of ether oxygens (including phenoxy) is 1. The molecular weight excluding hydrogens is 338 g/mol. The number of carbonyl (C=O) groups excluding carboxylic acids is 1. The molecule has 2 aromatic heterocycles. The molecule has 2 rings (SSSR count). The van der Waals surface area contributed by atoms with Crippen LogP contribution in [0.5, 0.6) is 0 Å². The number of esters is 1. The average molecular weight is 354 g/mol. The highest BCUT2D eigenvalue weighted by atomic mass is 79.9. The van der Waals surface area contributed by atoms with Crippen LogP contribution >= 0.6 is 15.9 Å². The fourth-order valence-corrected chi connectivity index (χ4v) is 2.05. The van der Waals surface area contributed by atoms with Gasteiger partial charge in [-0.1, -0.05) is 12.1 Å². The average Bonchev–Trinajstić information content (AvgIpc) is 2.94. The summed E-state index contributed by atoms with van der Waals surface area (Å²) in [6.07, 6.45) is 0.826. The van der Waals surface area contributed by atoms with E-state index < -0.39 is 5.97 Å². The first-order valence-corrected chi connectivity index (χ1v) is 7.45. The quantitative estimate of drug-likeness (QED) is 0.803. The highest BCUT2D eigenvalue weighted by molar-refractivity contribution is 9.10. The van der Waals surface area contributed by atoms with E-state index in [1.807, 2.05) is 13.0 Å². The van der Waals surface area contributed by atoms with Gasteiger partial charge in [0.15, 0.2) is 11.5 Å². The van der Waals surface area contributed by atoms with E-state index in [-0.39, 0.29) is 5.69 Å². The Morgan fingerprint density at radius 3 is 2.90 bits per heavy atom. The first-order chi connectivity index (χ1) is 10.1. The lowest BCUT2D eigenvalue weighted by molar-refractivity contribution is 0.0518. The summed E-state index contributed by atoms with van der Waals surface area (Å²) in [4.78, 5) is 16.0. The lowest BCUT2D eigenvalue weighted by Gasteiger charge is -2.07. The molecular formula is C14H16BrN3O3. The topological polar surface area (TPSA) is 77.2 Å². The normalized spacial score (nSPS) is 10.4. The molecule has 0 amide bonds. The van der Waals surface area contributed by atoms with E-state index in [4.69, 9.17) is 9.26 Å². The minimum absolute atomic E-state index is 0.244. The van der Waals surface area contributed by atoms with Gasteiger partial charge >= 0.3 is 5.97 Å². The van der Waals surface area contributed by atoms with Crippen molar-refractivity contribution in [2.75, 3.05) is 11.9 Å². The maximum atomic E-state index is 11.8. The Hall–Kier alpha value is -1.89. The zero-order valence-corrected chi connectivity index (χ0v) is 13.4. The second kappa shape index (κ2) is 7.21. The van der Waals surface area contributed by atoms with Crippen molar-refractivity contribution < 1.29 is 14.1 Å². The molecule has 0 aliphatic carbocycles. The zero-order valence-electron chi connectivity index (χ0n) is 11.9. The van der Waals surface area contributed by atoms with Gasteiger partial charge in [0.05, 0.1) is 23.3 Å². The molecule has 112 valence electrons. The Labute approximate surface area is 131 Å². The first-order valence-electron chi connectivity index (χ1n) is 6.66. The number of carbonyl (C=O) groups is 1. The van der Waals surface area contributed by atoms with E-state index in [0.717, 1.165) is 12.1 Å². The zero-order chi connectivity index (χ0) is 15.2. The van der Waals surface area contributed by atoms with Crippen LogP contribution in [0, 0.1) is 0 Å². The van der Waals surface area contributed by atoms with Gasteiger partial charge in [0, 0.05) is 6.07 Å². The Balaban J connectivity index is 2.06. The number of pyridine rings is 1. The molecule has 0 atom stereocenters. The second-order valence-corrected chi connectivity index (χ2v) is 5.09. The molecule has 2 heterocycles. The van der Waals surface area contributed by atoms with Gasteiger partial charge in [0.1, 0.15) is 5.82 Å². The van der Waals surface area contributed by atoms with E-state index in [9.17, 15) is 4.79 Å². The summed E-state index contributed by atoms with van der Waals surface area (Å²) in [7, 11) is 0. The first kappa shape index (κ1) is 15.5. The number of hydrogen-bond donors (Lipinski definition) is 1. The molecule has 0 fully saturated rings. The molecule has 0 radical (unpaired) electrons. The summed E-state index contributed by atoms with van der Waals surface area (Å²) in [5.74, 6) is 0.825. The third kappa shape index (κ3) is 4.04. The van der Waals surface area contributed by atoms with Gasteiger partial charge in [-0.05, 0) is 41.4 Å². The molecule has 0 unspecified atom stereocenters. The van der Waals surface area contributed by atoms with Crippen LogP contribution in [-0.4, -0.2) is 22.7 Å². The predicted octanol–water partition coefficient (Wildman–Crippen LogP) is 3.18. The van der Waals surface area contributed by atoms with Crippen LogP contribution in [0.3, 0.4) is 0 Å². The van der Waals surface area contributed by atoms with Gasteiger partial charge in [-0.3, -0.25) is 0 Å². The molecule has 6 nitrogen and oxygen atoms in total. The Morgan fingerprint density at radius 2 is 2.24 bits per heavy atom. The molecule has 2 aromatic rings. The number of halogens is 1. The monoisotopic (exact) mass is 353 g/mol. The molecule has 0 aliphatic heterocycles. The third-order valence-corrected chi connectivity index (χ3v) is 3.37. The number of aryl methyl sites for hydroxylation is 1. The van der Waals surface area contributed by atoms with Crippen LogP contribution in [0.4, 0.5) is 5.82 Å². The fraction of sp³-hybridized carbons (Fsp3) is 0.357. The highest BCUT2D eigenvalue weighted by Gasteiger charge is 2.14. The Morgan fingerprint density at radius 1 is 1.43 bits per heavy atom. The largest absolute Gasteiger partial charge is 0.461 e.